The molecule has 0 radical (unpaired) electrons. The van der Waals surface area contributed by atoms with Crippen molar-refractivity contribution in [1.82, 2.24) is 9.78 Å². The van der Waals surface area contributed by atoms with Gasteiger partial charge in [-0.25, -0.2) is 0 Å². The standard InChI is InChI=1S/C16H17Cl2N3O/c1-9-14(11-6-7-12(17)13(18)8-11)15(19)21(20-9)16(22)10-4-2-3-5-10/h6-8,10H,2-5,19H2,1H3. The number of hydrogen-bond acceptors (Lipinski definition) is 3. The van der Waals surface area contributed by atoms with E-state index in [2.05, 4.69) is 5.10 Å². The number of hydrogen-bond donors (Lipinski definition) is 1. The molecule has 1 aliphatic carbocycles. The van der Waals surface area contributed by atoms with Crippen LogP contribution in [0.1, 0.15) is 36.2 Å². The largest absolute Gasteiger partial charge is 0.383 e. The van der Waals surface area contributed by atoms with Crippen molar-refractivity contribution in [2.24, 2.45) is 5.92 Å². The van der Waals surface area contributed by atoms with Crippen molar-refractivity contribution in [3.8, 4) is 11.1 Å². The summed E-state index contributed by atoms with van der Waals surface area (Å²) in [4.78, 5) is 12.6. The molecule has 6 heteroatoms. The van der Waals surface area contributed by atoms with Crippen LogP contribution in [0.25, 0.3) is 11.1 Å². The highest BCUT2D eigenvalue weighted by atomic mass is 35.5. The Morgan fingerprint density at radius 1 is 1.27 bits per heavy atom. The second-order valence-electron chi connectivity index (χ2n) is 5.71. The van der Waals surface area contributed by atoms with Crippen LogP contribution in [-0.4, -0.2) is 15.7 Å². The Bertz CT molecular complexity index is 733. The van der Waals surface area contributed by atoms with E-state index in [1.165, 1.54) is 4.68 Å². The molecule has 0 unspecified atom stereocenters. The summed E-state index contributed by atoms with van der Waals surface area (Å²) in [5, 5.41) is 5.28. The Kier molecular flexibility index (Phi) is 4.15. The quantitative estimate of drug-likeness (QED) is 0.872. The average Bonchev–Trinajstić information content (AvgIpc) is 3.10. The lowest BCUT2D eigenvalue weighted by Crippen LogP contribution is -2.22. The molecule has 22 heavy (non-hydrogen) atoms. The highest BCUT2D eigenvalue weighted by Crippen LogP contribution is 2.35. The van der Waals surface area contributed by atoms with Crippen LogP contribution in [-0.2, 0) is 0 Å². The van der Waals surface area contributed by atoms with Gasteiger partial charge in [0.15, 0.2) is 0 Å². The summed E-state index contributed by atoms with van der Waals surface area (Å²) in [5.41, 5.74) is 8.46. The van der Waals surface area contributed by atoms with E-state index in [0.29, 0.717) is 21.6 Å². The van der Waals surface area contributed by atoms with E-state index in [0.717, 1.165) is 36.8 Å². The van der Waals surface area contributed by atoms with Crippen LogP contribution in [0.3, 0.4) is 0 Å². The minimum atomic E-state index is -0.00981. The van der Waals surface area contributed by atoms with Gasteiger partial charge in [-0.05, 0) is 37.5 Å². The Morgan fingerprint density at radius 3 is 2.59 bits per heavy atom. The third kappa shape index (κ3) is 2.61. The van der Waals surface area contributed by atoms with Gasteiger partial charge in [-0.3, -0.25) is 4.79 Å². The summed E-state index contributed by atoms with van der Waals surface area (Å²) in [6.45, 7) is 1.84. The van der Waals surface area contributed by atoms with E-state index in [9.17, 15) is 4.79 Å². The van der Waals surface area contributed by atoms with Crippen molar-refractivity contribution in [2.45, 2.75) is 32.6 Å². The summed E-state index contributed by atoms with van der Waals surface area (Å²) in [5.74, 6) is 0.389. The molecule has 0 saturated heterocycles. The van der Waals surface area contributed by atoms with E-state index < -0.39 is 0 Å². The van der Waals surface area contributed by atoms with Gasteiger partial charge in [0.25, 0.3) is 5.91 Å². The van der Waals surface area contributed by atoms with Crippen LogP contribution in [0.5, 0.6) is 0 Å². The minimum Gasteiger partial charge on any atom is -0.383 e. The third-order valence-corrected chi connectivity index (χ3v) is 4.96. The smallest absolute Gasteiger partial charge is 0.251 e. The fourth-order valence-electron chi connectivity index (χ4n) is 3.07. The summed E-state index contributed by atoms with van der Waals surface area (Å²) in [6.07, 6.45) is 4.02. The molecule has 1 heterocycles. The zero-order chi connectivity index (χ0) is 15.9. The molecule has 116 valence electrons. The molecule has 2 aromatic rings. The zero-order valence-corrected chi connectivity index (χ0v) is 13.8. The molecule has 1 fully saturated rings. The molecule has 4 nitrogen and oxygen atoms in total. The van der Waals surface area contributed by atoms with Crippen molar-refractivity contribution < 1.29 is 4.79 Å². The number of rotatable bonds is 2. The number of anilines is 1. The van der Waals surface area contributed by atoms with Crippen LogP contribution >= 0.6 is 23.2 Å². The molecule has 1 aromatic carbocycles. The zero-order valence-electron chi connectivity index (χ0n) is 12.3. The average molecular weight is 338 g/mol. The Morgan fingerprint density at radius 2 is 1.95 bits per heavy atom. The first-order chi connectivity index (χ1) is 10.5. The van der Waals surface area contributed by atoms with Gasteiger partial charge in [0.05, 0.1) is 15.7 Å². The summed E-state index contributed by atoms with van der Waals surface area (Å²) < 4.78 is 1.35. The monoisotopic (exact) mass is 337 g/mol. The van der Waals surface area contributed by atoms with E-state index >= 15 is 0 Å². The molecule has 1 aliphatic rings. The van der Waals surface area contributed by atoms with E-state index in [4.69, 9.17) is 28.9 Å². The first kappa shape index (κ1) is 15.4. The first-order valence-corrected chi connectivity index (χ1v) is 8.09. The lowest BCUT2D eigenvalue weighted by Gasteiger charge is -2.09. The second kappa shape index (κ2) is 5.94. The SMILES string of the molecule is Cc1nn(C(=O)C2CCCC2)c(N)c1-c1ccc(Cl)c(Cl)c1. The molecule has 0 spiro atoms. The van der Waals surface area contributed by atoms with Crippen LogP contribution in [0.4, 0.5) is 5.82 Å². The number of carbonyl (C=O) groups is 1. The van der Waals surface area contributed by atoms with Crippen molar-refractivity contribution in [2.75, 3.05) is 5.73 Å². The van der Waals surface area contributed by atoms with Crippen LogP contribution in [0, 0.1) is 12.8 Å². The van der Waals surface area contributed by atoms with Gasteiger partial charge in [-0.2, -0.15) is 9.78 Å². The number of benzene rings is 1. The van der Waals surface area contributed by atoms with Gasteiger partial charge >= 0.3 is 0 Å². The molecule has 0 aliphatic heterocycles. The van der Waals surface area contributed by atoms with Crippen molar-refractivity contribution >= 4 is 34.9 Å². The van der Waals surface area contributed by atoms with Gasteiger partial charge in [0.1, 0.15) is 5.82 Å². The number of aryl methyl sites for hydroxylation is 1. The fourth-order valence-corrected chi connectivity index (χ4v) is 3.37. The number of aromatic nitrogens is 2. The van der Waals surface area contributed by atoms with Crippen molar-refractivity contribution in [1.29, 1.82) is 0 Å². The first-order valence-electron chi connectivity index (χ1n) is 7.33. The van der Waals surface area contributed by atoms with Gasteiger partial charge in [0.2, 0.25) is 0 Å². The summed E-state index contributed by atoms with van der Waals surface area (Å²) >= 11 is 12.0. The lowest BCUT2D eigenvalue weighted by molar-refractivity contribution is 0.0823. The molecular formula is C16H17Cl2N3O. The molecule has 1 aromatic heterocycles. The fraction of sp³-hybridized carbons (Fsp3) is 0.375. The van der Waals surface area contributed by atoms with Crippen molar-refractivity contribution in [3.63, 3.8) is 0 Å². The van der Waals surface area contributed by atoms with Crippen LogP contribution < -0.4 is 5.73 Å². The summed E-state index contributed by atoms with van der Waals surface area (Å²) in [7, 11) is 0. The normalized spacial score (nSPS) is 15.4. The Labute approximate surface area is 139 Å². The predicted octanol–water partition coefficient (Wildman–Crippen LogP) is 4.58. The topological polar surface area (TPSA) is 60.9 Å². The molecule has 3 rings (SSSR count). The number of carbonyl (C=O) groups excluding carboxylic acids is 1. The van der Waals surface area contributed by atoms with E-state index in [-0.39, 0.29) is 11.8 Å². The maximum absolute atomic E-state index is 12.6. The maximum Gasteiger partial charge on any atom is 0.251 e. The molecular weight excluding hydrogens is 321 g/mol. The number of halogens is 2. The highest BCUT2D eigenvalue weighted by Gasteiger charge is 2.28. The summed E-state index contributed by atoms with van der Waals surface area (Å²) in [6, 6.07) is 5.29. The van der Waals surface area contributed by atoms with Crippen molar-refractivity contribution in [3.05, 3.63) is 33.9 Å². The van der Waals surface area contributed by atoms with Gasteiger partial charge < -0.3 is 5.73 Å². The molecule has 0 atom stereocenters. The second-order valence-corrected chi connectivity index (χ2v) is 6.52. The van der Waals surface area contributed by atoms with Gasteiger partial charge in [-0.15, -0.1) is 0 Å². The number of nitrogens with two attached hydrogens (primary N) is 1. The van der Waals surface area contributed by atoms with Gasteiger partial charge in [-0.1, -0.05) is 42.1 Å². The predicted molar refractivity (Wildman–Crippen MR) is 89.4 cm³/mol. The Balaban J connectivity index is 2.02. The van der Waals surface area contributed by atoms with Gasteiger partial charge in [0, 0.05) is 11.5 Å². The molecule has 0 bridgehead atoms. The Hall–Kier alpha value is -1.52. The van der Waals surface area contributed by atoms with E-state index in [1.54, 1.807) is 12.1 Å². The van der Waals surface area contributed by atoms with Crippen LogP contribution in [0.15, 0.2) is 18.2 Å². The minimum absolute atomic E-state index is 0.00981. The number of nitrogens with zero attached hydrogens (tertiary/aromatic N) is 2. The van der Waals surface area contributed by atoms with E-state index in [1.807, 2.05) is 13.0 Å². The van der Waals surface area contributed by atoms with Crippen LogP contribution in [0.2, 0.25) is 10.0 Å². The molecule has 2 N–H and O–H groups in total. The lowest BCUT2D eigenvalue weighted by atomic mass is 10.1. The highest BCUT2D eigenvalue weighted by molar-refractivity contribution is 6.42. The maximum atomic E-state index is 12.6. The third-order valence-electron chi connectivity index (χ3n) is 4.22. The molecule has 0 amide bonds. The molecule has 1 saturated carbocycles. The number of nitrogen functional groups attached to an aromatic ring is 1.